The van der Waals surface area contributed by atoms with Crippen LogP contribution in [0.3, 0.4) is 0 Å². The van der Waals surface area contributed by atoms with E-state index in [-0.39, 0.29) is 17.1 Å². The number of nitrogens with one attached hydrogen (secondary N) is 1. The highest BCUT2D eigenvalue weighted by molar-refractivity contribution is 7.91. The molecule has 0 aromatic rings. The van der Waals surface area contributed by atoms with Gasteiger partial charge in [0.25, 0.3) is 0 Å². The molecule has 0 heterocycles. The van der Waals surface area contributed by atoms with Crippen LogP contribution in [0.1, 0.15) is 34.1 Å². The lowest BCUT2D eigenvalue weighted by Crippen LogP contribution is -2.39. The molecular formula is C11H25NO3S. The quantitative estimate of drug-likeness (QED) is 0.626. The summed E-state index contributed by atoms with van der Waals surface area (Å²) in [5.74, 6) is 0.493. The van der Waals surface area contributed by atoms with Gasteiger partial charge in [-0.3, -0.25) is 0 Å². The summed E-state index contributed by atoms with van der Waals surface area (Å²) in [4.78, 5) is 0. The van der Waals surface area contributed by atoms with Crippen molar-refractivity contribution < 1.29 is 13.2 Å². The zero-order valence-corrected chi connectivity index (χ0v) is 11.7. The zero-order valence-electron chi connectivity index (χ0n) is 10.9. The third-order valence-corrected chi connectivity index (χ3v) is 4.05. The van der Waals surface area contributed by atoms with Gasteiger partial charge in [-0.15, -0.1) is 0 Å². The van der Waals surface area contributed by atoms with Gasteiger partial charge in [-0.05, 0) is 27.2 Å². The second-order valence-corrected chi connectivity index (χ2v) is 6.82. The minimum atomic E-state index is -2.86. The first-order valence-corrected chi connectivity index (χ1v) is 7.70. The maximum Gasteiger partial charge on any atom is 0.151 e. The van der Waals surface area contributed by atoms with Crippen LogP contribution in [0.4, 0.5) is 0 Å². The minimum Gasteiger partial charge on any atom is -0.375 e. The fourth-order valence-electron chi connectivity index (χ4n) is 1.47. The monoisotopic (exact) mass is 251 g/mol. The molecule has 0 unspecified atom stereocenters. The molecule has 0 fully saturated rings. The second-order valence-electron chi connectivity index (χ2n) is 4.52. The number of ether oxygens (including phenoxy) is 1. The summed E-state index contributed by atoms with van der Waals surface area (Å²) < 4.78 is 28.3. The van der Waals surface area contributed by atoms with Crippen molar-refractivity contribution in [2.75, 3.05) is 31.2 Å². The Morgan fingerprint density at radius 3 is 2.31 bits per heavy atom. The molecule has 0 atom stereocenters. The summed E-state index contributed by atoms with van der Waals surface area (Å²) >= 11 is 0. The zero-order chi connectivity index (χ0) is 12.7. The third kappa shape index (κ3) is 8.07. The molecule has 0 saturated heterocycles. The summed E-state index contributed by atoms with van der Waals surface area (Å²) in [6, 6.07) is 0. The maximum absolute atomic E-state index is 11.4. The van der Waals surface area contributed by atoms with E-state index < -0.39 is 9.84 Å². The number of sulfone groups is 1. The van der Waals surface area contributed by atoms with Crippen molar-refractivity contribution in [2.45, 2.75) is 39.7 Å². The molecule has 98 valence electrons. The predicted molar refractivity (Wildman–Crippen MR) is 67.5 cm³/mol. The van der Waals surface area contributed by atoms with Gasteiger partial charge >= 0.3 is 0 Å². The SMILES string of the molecule is CCCS(=O)(=O)CCNCC(C)(C)OCC. The van der Waals surface area contributed by atoms with Gasteiger partial charge in [-0.25, -0.2) is 8.42 Å². The topological polar surface area (TPSA) is 55.4 Å². The largest absolute Gasteiger partial charge is 0.375 e. The van der Waals surface area contributed by atoms with Gasteiger partial charge in [0.2, 0.25) is 0 Å². The molecule has 0 bridgehead atoms. The molecule has 0 aliphatic heterocycles. The first-order valence-electron chi connectivity index (χ1n) is 5.88. The van der Waals surface area contributed by atoms with Crippen LogP contribution in [0.2, 0.25) is 0 Å². The molecule has 0 radical (unpaired) electrons. The van der Waals surface area contributed by atoms with Crippen molar-refractivity contribution in [3.05, 3.63) is 0 Å². The van der Waals surface area contributed by atoms with Gasteiger partial charge < -0.3 is 10.1 Å². The van der Waals surface area contributed by atoms with E-state index in [4.69, 9.17) is 4.74 Å². The van der Waals surface area contributed by atoms with Crippen LogP contribution in [0.5, 0.6) is 0 Å². The maximum atomic E-state index is 11.4. The normalized spacial score (nSPS) is 13.0. The van der Waals surface area contributed by atoms with E-state index in [0.717, 1.165) is 0 Å². The molecule has 5 heteroatoms. The van der Waals surface area contributed by atoms with Crippen molar-refractivity contribution in [1.82, 2.24) is 5.32 Å². The summed E-state index contributed by atoms with van der Waals surface area (Å²) in [7, 11) is -2.86. The predicted octanol–water partition coefficient (Wildman–Crippen LogP) is 1.22. The Morgan fingerprint density at radius 2 is 1.81 bits per heavy atom. The van der Waals surface area contributed by atoms with Gasteiger partial charge in [-0.2, -0.15) is 0 Å². The highest BCUT2D eigenvalue weighted by Gasteiger charge is 2.17. The molecule has 0 saturated carbocycles. The van der Waals surface area contributed by atoms with Gasteiger partial charge in [0, 0.05) is 25.4 Å². The molecule has 0 rings (SSSR count). The Bertz CT molecular complexity index is 273. The first-order chi connectivity index (χ1) is 7.33. The Balaban J connectivity index is 3.76. The number of hydrogen-bond acceptors (Lipinski definition) is 4. The number of hydrogen-bond donors (Lipinski definition) is 1. The van der Waals surface area contributed by atoms with Gasteiger partial charge in [0.15, 0.2) is 9.84 Å². The van der Waals surface area contributed by atoms with E-state index in [1.54, 1.807) is 0 Å². The number of rotatable bonds is 9. The lowest BCUT2D eigenvalue weighted by molar-refractivity contribution is -0.00836. The summed E-state index contributed by atoms with van der Waals surface area (Å²) in [5, 5.41) is 3.12. The van der Waals surface area contributed by atoms with Crippen LogP contribution >= 0.6 is 0 Å². The molecular weight excluding hydrogens is 226 g/mol. The van der Waals surface area contributed by atoms with Gasteiger partial charge in [0.05, 0.1) is 11.4 Å². The van der Waals surface area contributed by atoms with E-state index in [9.17, 15) is 8.42 Å². The average molecular weight is 251 g/mol. The van der Waals surface area contributed by atoms with Crippen molar-refractivity contribution in [1.29, 1.82) is 0 Å². The fourth-order valence-corrected chi connectivity index (χ4v) is 2.75. The molecule has 0 aliphatic rings. The van der Waals surface area contributed by atoms with Crippen LogP contribution in [-0.2, 0) is 14.6 Å². The third-order valence-electron chi connectivity index (χ3n) is 2.19. The van der Waals surface area contributed by atoms with Crippen molar-refractivity contribution in [3.63, 3.8) is 0 Å². The van der Waals surface area contributed by atoms with Crippen LogP contribution in [0.15, 0.2) is 0 Å². The van der Waals surface area contributed by atoms with Crippen LogP contribution in [-0.4, -0.2) is 45.2 Å². The highest BCUT2D eigenvalue weighted by atomic mass is 32.2. The molecule has 4 nitrogen and oxygen atoms in total. The molecule has 16 heavy (non-hydrogen) atoms. The van der Waals surface area contributed by atoms with E-state index in [2.05, 4.69) is 5.32 Å². The highest BCUT2D eigenvalue weighted by Crippen LogP contribution is 2.06. The summed E-state index contributed by atoms with van der Waals surface area (Å²) in [6.45, 7) is 9.65. The first kappa shape index (κ1) is 15.9. The van der Waals surface area contributed by atoms with E-state index in [0.29, 0.717) is 26.1 Å². The Hall–Kier alpha value is -0.130. The average Bonchev–Trinajstić information content (AvgIpc) is 2.12. The van der Waals surface area contributed by atoms with E-state index in [1.165, 1.54) is 0 Å². The Labute approximate surface area is 99.7 Å². The lowest BCUT2D eigenvalue weighted by atomic mass is 10.1. The van der Waals surface area contributed by atoms with Crippen LogP contribution < -0.4 is 5.32 Å². The summed E-state index contributed by atoms with van der Waals surface area (Å²) in [5.41, 5.74) is -0.233. The minimum absolute atomic E-state index is 0.211. The molecule has 0 aromatic carbocycles. The Morgan fingerprint density at radius 1 is 1.19 bits per heavy atom. The van der Waals surface area contributed by atoms with E-state index in [1.807, 2.05) is 27.7 Å². The Kier molecular flexibility index (Phi) is 7.19. The fraction of sp³-hybridized carbons (Fsp3) is 1.00. The molecule has 0 spiro atoms. The van der Waals surface area contributed by atoms with E-state index >= 15 is 0 Å². The van der Waals surface area contributed by atoms with Gasteiger partial charge in [0.1, 0.15) is 0 Å². The second kappa shape index (κ2) is 7.25. The molecule has 0 aliphatic carbocycles. The standard InChI is InChI=1S/C11H25NO3S/c1-5-8-16(13,14)9-7-12-10-11(3,4)15-6-2/h12H,5-10H2,1-4H3. The molecule has 0 amide bonds. The molecule has 0 aromatic heterocycles. The summed E-state index contributed by atoms with van der Waals surface area (Å²) in [6.07, 6.45) is 0.687. The van der Waals surface area contributed by atoms with Gasteiger partial charge in [-0.1, -0.05) is 6.92 Å². The smallest absolute Gasteiger partial charge is 0.151 e. The lowest BCUT2D eigenvalue weighted by Gasteiger charge is -2.24. The van der Waals surface area contributed by atoms with Crippen LogP contribution in [0, 0.1) is 0 Å². The van der Waals surface area contributed by atoms with Crippen molar-refractivity contribution >= 4 is 9.84 Å². The van der Waals surface area contributed by atoms with Crippen molar-refractivity contribution in [3.8, 4) is 0 Å². The van der Waals surface area contributed by atoms with Crippen LogP contribution in [0.25, 0.3) is 0 Å². The van der Waals surface area contributed by atoms with Crippen molar-refractivity contribution in [2.24, 2.45) is 0 Å². The molecule has 1 N–H and O–H groups in total.